The van der Waals surface area contributed by atoms with Crippen LogP contribution in [-0.4, -0.2) is 32.8 Å². The Kier molecular flexibility index (Phi) is 4.93. The molecule has 1 fully saturated rings. The number of rotatable bonds is 2. The van der Waals surface area contributed by atoms with Crippen molar-refractivity contribution in [2.24, 2.45) is 7.05 Å². The van der Waals surface area contributed by atoms with Crippen LogP contribution in [0.25, 0.3) is 0 Å². The summed E-state index contributed by atoms with van der Waals surface area (Å²) in [4.78, 5) is 2.48. The summed E-state index contributed by atoms with van der Waals surface area (Å²) in [5, 5.41) is 8.33. The summed E-state index contributed by atoms with van der Waals surface area (Å²) < 4.78 is 2.09. The molecule has 1 aromatic rings. The van der Waals surface area contributed by atoms with Gasteiger partial charge in [0.2, 0.25) is 0 Å². The topological polar surface area (TPSA) is 34.0 Å². The van der Waals surface area contributed by atoms with Crippen LogP contribution in [0.1, 0.15) is 51.3 Å². The summed E-state index contributed by atoms with van der Waals surface area (Å²) in [5.74, 6) is 2.08. The van der Waals surface area contributed by atoms with Crippen LogP contribution in [0.4, 0.5) is 0 Å². The highest BCUT2D eigenvalue weighted by Crippen LogP contribution is 2.22. The second-order valence-electron chi connectivity index (χ2n) is 4.08. The number of hydrogen-bond acceptors (Lipinski definition) is 3. The van der Waals surface area contributed by atoms with E-state index in [2.05, 4.69) is 26.6 Å². The second kappa shape index (κ2) is 5.99. The SMILES string of the molecule is CC.Cc1nnc(C(C)N2CCCC2)n1C. The van der Waals surface area contributed by atoms with E-state index in [1.165, 1.54) is 25.9 Å². The lowest BCUT2D eigenvalue weighted by atomic mass is 10.3. The molecule has 92 valence electrons. The Hall–Kier alpha value is -0.900. The summed E-state index contributed by atoms with van der Waals surface area (Å²) in [5.41, 5.74) is 0. The van der Waals surface area contributed by atoms with E-state index < -0.39 is 0 Å². The van der Waals surface area contributed by atoms with Crippen molar-refractivity contribution in [2.45, 2.75) is 46.6 Å². The standard InChI is InChI=1S/C10H18N4.C2H6/c1-8(14-6-4-5-7-14)10-12-11-9(2)13(10)3;1-2/h8H,4-7H2,1-3H3;1-2H3. The highest BCUT2D eigenvalue weighted by Gasteiger charge is 2.23. The number of hydrogen-bond donors (Lipinski definition) is 0. The van der Waals surface area contributed by atoms with E-state index in [1.807, 2.05) is 27.8 Å². The van der Waals surface area contributed by atoms with Gasteiger partial charge in [-0.05, 0) is 39.8 Å². The summed E-state index contributed by atoms with van der Waals surface area (Å²) in [7, 11) is 2.04. The Labute approximate surface area is 98.7 Å². The molecule has 2 heterocycles. The van der Waals surface area contributed by atoms with E-state index in [4.69, 9.17) is 0 Å². The van der Waals surface area contributed by atoms with Gasteiger partial charge < -0.3 is 4.57 Å². The van der Waals surface area contributed by atoms with Crippen LogP contribution in [-0.2, 0) is 7.05 Å². The first-order valence-corrected chi connectivity index (χ1v) is 6.30. The Morgan fingerprint density at radius 2 is 1.69 bits per heavy atom. The van der Waals surface area contributed by atoms with Gasteiger partial charge in [-0.15, -0.1) is 10.2 Å². The molecule has 1 saturated heterocycles. The molecule has 0 aliphatic carbocycles. The third-order valence-electron chi connectivity index (χ3n) is 3.19. The van der Waals surface area contributed by atoms with Gasteiger partial charge in [-0.3, -0.25) is 4.90 Å². The van der Waals surface area contributed by atoms with Gasteiger partial charge in [0.15, 0.2) is 0 Å². The van der Waals surface area contributed by atoms with Crippen molar-refractivity contribution in [3.8, 4) is 0 Å². The lowest BCUT2D eigenvalue weighted by molar-refractivity contribution is 0.249. The predicted molar refractivity (Wildman–Crippen MR) is 66.3 cm³/mol. The van der Waals surface area contributed by atoms with Gasteiger partial charge in [-0.1, -0.05) is 13.8 Å². The number of aromatic nitrogens is 3. The van der Waals surface area contributed by atoms with E-state index in [0.29, 0.717) is 6.04 Å². The monoisotopic (exact) mass is 224 g/mol. The maximum Gasteiger partial charge on any atom is 0.149 e. The molecule has 0 bridgehead atoms. The molecule has 1 aliphatic rings. The molecule has 1 aliphatic heterocycles. The molecule has 1 aromatic heterocycles. The minimum absolute atomic E-state index is 0.406. The van der Waals surface area contributed by atoms with Gasteiger partial charge >= 0.3 is 0 Å². The molecule has 4 nitrogen and oxygen atoms in total. The van der Waals surface area contributed by atoms with Crippen LogP contribution in [0.15, 0.2) is 0 Å². The lowest BCUT2D eigenvalue weighted by Gasteiger charge is -2.22. The quantitative estimate of drug-likeness (QED) is 0.773. The summed E-state index contributed by atoms with van der Waals surface area (Å²) in [6, 6.07) is 0.406. The Bertz CT molecular complexity index is 313. The molecule has 4 heteroatoms. The fourth-order valence-corrected chi connectivity index (χ4v) is 2.08. The third-order valence-corrected chi connectivity index (χ3v) is 3.19. The fraction of sp³-hybridized carbons (Fsp3) is 0.833. The molecule has 0 amide bonds. The van der Waals surface area contributed by atoms with Crippen molar-refractivity contribution in [3.63, 3.8) is 0 Å². The van der Waals surface area contributed by atoms with Crippen LogP contribution in [0.3, 0.4) is 0 Å². The molecule has 1 atom stereocenters. The fourth-order valence-electron chi connectivity index (χ4n) is 2.08. The van der Waals surface area contributed by atoms with E-state index in [9.17, 15) is 0 Å². The maximum absolute atomic E-state index is 4.23. The minimum atomic E-state index is 0.406. The maximum atomic E-state index is 4.23. The molecule has 1 unspecified atom stereocenters. The van der Waals surface area contributed by atoms with Gasteiger partial charge in [0.1, 0.15) is 11.6 Å². The first kappa shape index (κ1) is 13.2. The van der Waals surface area contributed by atoms with Crippen LogP contribution in [0.2, 0.25) is 0 Å². The zero-order valence-corrected chi connectivity index (χ0v) is 11.2. The van der Waals surface area contributed by atoms with E-state index >= 15 is 0 Å². The van der Waals surface area contributed by atoms with Gasteiger partial charge in [0.25, 0.3) is 0 Å². The van der Waals surface area contributed by atoms with Gasteiger partial charge in [0.05, 0.1) is 6.04 Å². The molecule has 0 aromatic carbocycles. The van der Waals surface area contributed by atoms with Crippen LogP contribution >= 0.6 is 0 Å². The zero-order valence-electron chi connectivity index (χ0n) is 11.2. The van der Waals surface area contributed by atoms with E-state index in [-0.39, 0.29) is 0 Å². The molecule has 2 rings (SSSR count). The number of likely N-dealkylation sites (tertiary alicyclic amines) is 1. The number of nitrogens with zero attached hydrogens (tertiary/aromatic N) is 4. The largest absolute Gasteiger partial charge is 0.317 e. The van der Waals surface area contributed by atoms with Gasteiger partial charge in [-0.25, -0.2) is 0 Å². The molecule has 0 radical (unpaired) electrons. The summed E-state index contributed by atoms with van der Waals surface area (Å²) >= 11 is 0. The highest BCUT2D eigenvalue weighted by molar-refractivity contribution is 4.99. The summed E-state index contributed by atoms with van der Waals surface area (Å²) in [6.45, 7) is 10.6. The first-order chi connectivity index (χ1) is 7.70. The van der Waals surface area contributed by atoms with Crippen molar-refractivity contribution in [1.82, 2.24) is 19.7 Å². The van der Waals surface area contributed by atoms with E-state index in [0.717, 1.165) is 11.6 Å². The number of aryl methyl sites for hydroxylation is 1. The van der Waals surface area contributed by atoms with Gasteiger partial charge in [0, 0.05) is 7.05 Å². The molecular formula is C12H24N4. The third kappa shape index (κ3) is 2.61. The average Bonchev–Trinajstić information content (AvgIpc) is 2.93. The Morgan fingerprint density at radius 1 is 1.12 bits per heavy atom. The normalized spacial score (nSPS) is 18.1. The highest BCUT2D eigenvalue weighted by atomic mass is 15.3. The van der Waals surface area contributed by atoms with Crippen molar-refractivity contribution in [2.75, 3.05) is 13.1 Å². The Balaban J connectivity index is 0.000000606. The van der Waals surface area contributed by atoms with Crippen LogP contribution < -0.4 is 0 Å². The molecular weight excluding hydrogens is 200 g/mol. The molecule has 0 saturated carbocycles. The minimum Gasteiger partial charge on any atom is -0.317 e. The summed E-state index contributed by atoms with van der Waals surface area (Å²) in [6.07, 6.45) is 2.64. The first-order valence-electron chi connectivity index (χ1n) is 6.30. The predicted octanol–water partition coefficient (Wildman–Crippen LogP) is 2.31. The average molecular weight is 224 g/mol. The zero-order chi connectivity index (χ0) is 12.1. The van der Waals surface area contributed by atoms with Gasteiger partial charge in [-0.2, -0.15) is 0 Å². The van der Waals surface area contributed by atoms with Crippen molar-refractivity contribution in [3.05, 3.63) is 11.6 Å². The second-order valence-corrected chi connectivity index (χ2v) is 4.08. The lowest BCUT2D eigenvalue weighted by Crippen LogP contribution is -2.25. The van der Waals surface area contributed by atoms with E-state index in [1.54, 1.807) is 0 Å². The smallest absolute Gasteiger partial charge is 0.149 e. The molecule has 0 N–H and O–H groups in total. The van der Waals surface area contributed by atoms with Crippen molar-refractivity contribution in [1.29, 1.82) is 0 Å². The molecule has 0 spiro atoms. The van der Waals surface area contributed by atoms with Crippen LogP contribution in [0, 0.1) is 6.92 Å². The van der Waals surface area contributed by atoms with Crippen molar-refractivity contribution >= 4 is 0 Å². The van der Waals surface area contributed by atoms with Crippen molar-refractivity contribution < 1.29 is 0 Å². The van der Waals surface area contributed by atoms with Crippen LogP contribution in [0.5, 0.6) is 0 Å². The molecule has 16 heavy (non-hydrogen) atoms. The Morgan fingerprint density at radius 3 is 2.12 bits per heavy atom.